The zero-order chi connectivity index (χ0) is 13.0. The molecule has 18 heavy (non-hydrogen) atoms. The third-order valence-corrected chi connectivity index (χ3v) is 3.73. The van der Waals surface area contributed by atoms with Gasteiger partial charge in [0.25, 0.3) is 0 Å². The molecule has 1 aromatic carbocycles. The zero-order valence-corrected chi connectivity index (χ0v) is 11.2. The average molecular weight is 246 g/mol. The minimum atomic E-state index is 0.0670. The fourth-order valence-corrected chi connectivity index (χ4v) is 2.14. The molecule has 2 N–H and O–H groups in total. The lowest BCUT2D eigenvalue weighted by atomic mass is 10.1. The van der Waals surface area contributed by atoms with Gasteiger partial charge in [-0.05, 0) is 29.9 Å². The predicted octanol–water partition coefficient (Wildman–Crippen LogP) is 1.94. The van der Waals surface area contributed by atoms with E-state index in [2.05, 4.69) is 24.5 Å². The number of carbonyl (C=O) groups excluding carboxylic acids is 1. The lowest BCUT2D eigenvalue weighted by Gasteiger charge is -2.07. The first-order chi connectivity index (χ1) is 8.58. The molecule has 2 rings (SSSR count). The number of benzene rings is 1. The van der Waals surface area contributed by atoms with Gasteiger partial charge in [0.2, 0.25) is 5.91 Å². The highest BCUT2D eigenvalue weighted by atomic mass is 16.1. The van der Waals surface area contributed by atoms with Crippen LogP contribution in [0.15, 0.2) is 30.3 Å². The van der Waals surface area contributed by atoms with Gasteiger partial charge in [0, 0.05) is 6.54 Å². The highest BCUT2D eigenvalue weighted by Gasteiger charge is 2.44. The van der Waals surface area contributed by atoms with Gasteiger partial charge in [0.15, 0.2) is 0 Å². The van der Waals surface area contributed by atoms with Crippen LogP contribution in [0.2, 0.25) is 0 Å². The highest BCUT2D eigenvalue weighted by molar-refractivity contribution is 5.77. The van der Waals surface area contributed by atoms with Crippen LogP contribution in [0.4, 0.5) is 0 Å². The monoisotopic (exact) mass is 246 g/mol. The Morgan fingerprint density at radius 3 is 2.61 bits per heavy atom. The Hall–Kier alpha value is -1.35. The summed E-state index contributed by atoms with van der Waals surface area (Å²) in [5, 5.41) is 6.14. The quantitative estimate of drug-likeness (QED) is 0.805. The Morgan fingerprint density at radius 2 is 2.00 bits per heavy atom. The Labute approximate surface area is 109 Å². The molecule has 0 aliphatic heterocycles. The number of amides is 1. The van der Waals surface area contributed by atoms with Gasteiger partial charge in [0.1, 0.15) is 0 Å². The fraction of sp³-hybridized carbons (Fsp3) is 0.533. The van der Waals surface area contributed by atoms with E-state index in [4.69, 9.17) is 0 Å². The van der Waals surface area contributed by atoms with E-state index in [0.29, 0.717) is 18.5 Å². The standard InChI is InChI=1S/C15H22N2O/c1-15(2)8-13(15)10-16-11-14(18)17-9-12-6-4-3-5-7-12/h3-7,13,16H,8-11H2,1-2H3,(H,17,18). The van der Waals surface area contributed by atoms with Gasteiger partial charge in [-0.2, -0.15) is 0 Å². The number of nitrogens with one attached hydrogen (secondary N) is 2. The molecule has 0 heterocycles. The van der Waals surface area contributed by atoms with Crippen molar-refractivity contribution in [1.82, 2.24) is 10.6 Å². The predicted molar refractivity (Wildman–Crippen MR) is 73.0 cm³/mol. The average Bonchev–Trinajstić information content (AvgIpc) is 2.96. The maximum atomic E-state index is 11.6. The normalized spacial score (nSPS) is 20.4. The molecule has 1 aliphatic carbocycles. The molecule has 0 radical (unpaired) electrons. The maximum Gasteiger partial charge on any atom is 0.234 e. The van der Waals surface area contributed by atoms with Crippen LogP contribution in [0.5, 0.6) is 0 Å². The second-order valence-electron chi connectivity index (χ2n) is 5.78. The molecule has 1 fully saturated rings. The zero-order valence-electron chi connectivity index (χ0n) is 11.2. The number of hydrogen-bond acceptors (Lipinski definition) is 2. The van der Waals surface area contributed by atoms with Crippen LogP contribution in [0.25, 0.3) is 0 Å². The second-order valence-corrected chi connectivity index (χ2v) is 5.78. The van der Waals surface area contributed by atoms with Crippen molar-refractivity contribution in [2.75, 3.05) is 13.1 Å². The summed E-state index contributed by atoms with van der Waals surface area (Å²) in [6.07, 6.45) is 1.27. The van der Waals surface area contributed by atoms with Gasteiger partial charge < -0.3 is 10.6 Å². The van der Waals surface area contributed by atoms with E-state index in [1.807, 2.05) is 30.3 Å². The summed E-state index contributed by atoms with van der Waals surface area (Å²) in [5.41, 5.74) is 1.61. The minimum Gasteiger partial charge on any atom is -0.351 e. The number of rotatable bonds is 6. The van der Waals surface area contributed by atoms with E-state index < -0.39 is 0 Å². The van der Waals surface area contributed by atoms with Crippen LogP contribution in [-0.2, 0) is 11.3 Å². The molecule has 0 bridgehead atoms. The van der Waals surface area contributed by atoms with Crippen LogP contribution < -0.4 is 10.6 Å². The summed E-state index contributed by atoms with van der Waals surface area (Å²) >= 11 is 0. The van der Waals surface area contributed by atoms with E-state index in [0.717, 1.165) is 18.0 Å². The van der Waals surface area contributed by atoms with E-state index in [9.17, 15) is 4.79 Å². The van der Waals surface area contributed by atoms with Gasteiger partial charge in [-0.25, -0.2) is 0 Å². The highest BCUT2D eigenvalue weighted by Crippen LogP contribution is 2.50. The molecular weight excluding hydrogens is 224 g/mol. The van der Waals surface area contributed by atoms with E-state index in [-0.39, 0.29) is 5.91 Å². The van der Waals surface area contributed by atoms with Gasteiger partial charge in [-0.3, -0.25) is 4.79 Å². The Morgan fingerprint density at radius 1 is 1.33 bits per heavy atom. The van der Waals surface area contributed by atoms with Crippen LogP contribution >= 0.6 is 0 Å². The van der Waals surface area contributed by atoms with Gasteiger partial charge in [0.05, 0.1) is 6.54 Å². The first kappa shape index (κ1) is 13.1. The molecule has 3 nitrogen and oxygen atoms in total. The molecule has 0 spiro atoms. The molecule has 98 valence electrons. The van der Waals surface area contributed by atoms with Crippen molar-refractivity contribution in [2.24, 2.45) is 11.3 Å². The fourth-order valence-electron chi connectivity index (χ4n) is 2.14. The van der Waals surface area contributed by atoms with E-state index in [1.165, 1.54) is 6.42 Å². The summed E-state index contributed by atoms with van der Waals surface area (Å²) in [4.78, 5) is 11.6. The Bertz CT molecular complexity index is 400. The van der Waals surface area contributed by atoms with Gasteiger partial charge in [-0.15, -0.1) is 0 Å². The molecule has 0 aromatic heterocycles. The first-order valence-electron chi connectivity index (χ1n) is 6.59. The molecule has 1 aliphatic rings. The summed E-state index contributed by atoms with van der Waals surface area (Å²) in [6.45, 7) is 6.52. The molecule has 0 saturated heterocycles. The van der Waals surface area contributed by atoms with Gasteiger partial charge >= 0.3 is 0 Å². The Balaban J connectivity index is 1.58. The first-order valence-corrected chi connectivity index (χ1v) is 6.59. The van der Waals surface area contributed by atoms with Crippen LogP contribution in [-0.4, -0.2) is 19.0 Å². The molecule has 1 unspecified atom stereocenters. The van der Waals surface area contributed by atoms with Gasteiger partial charge in [-0.1, -0.05) is 44.2 Å². The van der Waals surface area contributed by atoms with Crippen molar-refractivity contribution in [1.29, 1.82) is 0 Å². The van der Waals surface area contributed by atoms with Crippen molar-refractivity contribution in [3.8, 4) is 0 Å². The number of hydrogen-bond donors (Lipinski definition) is 2. The molecule has 1 aromatic rings. The third-order valence-electron chi connectivity index (χ3n) is 3.73. The van der Waals surface area contributed by atoms with Crippen molar-refractivity contribution >= 4 is 5.91 Å². The summed E-state index contributed by atoms with van der Waals surface area (Å²) in [7, 11) is 0. The van der Waals surface area contributed by atoms with E-state index >= 15 is 0 Å². The summed E-state index contributed by atoms with van der Waals surface area (Å²) in [5.74, 6) is 0.803. The van der Waals surface area contributed by atoms with Crippen LogP contribution in [0.3, 0.4) is 0 Å². The Kier molecular flexibility index (Phi) is 4.02. The SMILES string of the molecule is CC1(C)CC1CNCC(=O)NCc1ccccc1. The maximum absolute atomic E-state index is 11.6. The smallest absolute Gasteiger partial charge is 0.234 e. The van der Waals surface area contributed by atoms with E-state index in [1.54, 1.807) is 0 Å². The summed E-state index contributed by atoms with van der Waals surface area (Å²) in [6, 6.07) is 9.97. The second kappa shape index (κ2) is 5.53. The van der Waals surface area contributed by atoms with Crippen molar-refractivity contribution in [3.05, 3.63) is 35.9 Å². The van der Waals surface area contributed by atoms with Crippen molar-refractivity contribution < 1.29 is 4.79 Å². The lowest BCUT2D eigenvalue weighted by Crippen LogP contribution is -2.34. The minimum absolute atomic E-state index is 0.0670. The molecule has 1 saturated carbocycles. The van der Waals surface area contributed by atoms with Crippen LogP contribution in [0.1, 0.15) is 25.8 Å². The number of carbonyl (C=O) groups is 1. The molecule has 1 amide bonds. The largest absolute Gasteiger partial charge is 0.351 e. The topological polar surface area (TPSA) is 41.1 Å². The molecule has 1 atom stereocenters. The van der Waals surface area contributed by atoms with Crippen molar-refractivity contribution in [3.63, 3.8) is 0 Å². The summed E-state index contributed by atoms with van der Waals surface area (Å²) < 4.78 is 0. The van der Waals surface area contributed by atoms with Crippen molar-refractivity contribution in [2.45, 2.75) is 26.8 Å². The van der Waals surface area contributed by atoms with Crippen LogP contribution in [0, 0.1) is 11.3 Å². The molecule has 3 heteroatoms. The third kappa shape index (κ3) is 3.84. The molecular formula is C15H22N2O. The lowest BCUT2D eigenvalue weighted by molar-refractivity contribution is -0.120.